The molecule has 0 aliphatic carbocycles. The van der Waals surface area contributed by atoms with E-state index in [1.54, 1.807) is 12.1 Å². The Hall–Kier alpha value is -0.680. The molecule has 1 rings (SSSR count). The first-order valence-corrected chi connectivity index (χ1v) is 5.10. The van der Waals surface area contributed by atoms with Gasteiger partial charge in [0.25, 0.3) is 6.43 Å². The van der Waals surface area contributed by atoms with Gasteiger partial charge in [0.1, 0.15) is 5.75 Å². The van der Waals surface area contributed by atoms with Gasteiger partial charge in [0.2, 0.25) is 0 Å². The number of alkyl halides is 2. The fourth-order valence-electron chi connectivity index (χ4n) is 1.12. The molecule has 0 amide bonds. The number of nitrogens with two attached hydrogens (primary N) is 1. The number of halogens is 3. The maximum Gasteiger partial charge on any atom is 0.260 e. The second-order valence-corrected chi connectivity index (χ2v) is 4.29. The molecule has 0 fully saturated rings. The zero-order valence-electron chi connectivity index (χ0n) is 8.43. The quantitative estimate of drug-likeness (QED) is 0.924. The molecular formula is C10H12BrF2NO. The Balaban J connectivity index is 3.16. The zero-order valence-corrected chi connectivity index (χ0v) is 10.0. The average molecular weight is 280 g/mol. The van der Waals surface area contributed by atoms with Gasteiger partial charge in [-0.15, -0.1) is 0 Å². The number of hydrogen-bond acceptors (Lipinski definition) is 2. The van der Waals surface area contributed by atoms with Crippen LogP contribution in [0.2, 0.25) is 0 Å². The third-order valence-electron chi connectivity index (χ3n) is 2.23. The summed E-state index contributed by atoms with van der Waals surface area (Å²) in [6.07, 6.45) is -2.62. The molecule has 15 heavy (non-hydrogen) atoms. The molecule has 2 nitrogen and oxygen atoms in total. The second-order valence-electron chi connectivity index (χ2n) is 3.43. The van der Waals surface area contributed by atoms with Crippen LogP contribution in [0, 0.1) is 0 Å². The minimum Gasteiger partial charge on any atom is -0.496 e. The van der Waals surface area contributed by atoms with Gasteiger partial charge in [0.05, 0.1) is 17.1 Å². The van der Waals surface area contributed by atoms with Crippen LogP contribution in [-0.2, 0) is 5.54 Å². The van der Waals surface area contributed by atoms with E-state index < -0.39 is 12.0 Å². The fourth-order valence-corrected chi connectivity index (χ4v) is 1.53. The molecule has 1 aromatic rings. The van der Waals surface area contributed by atoms with Crippen molar-refractivity contribution in [3.63, 3.8) is 0 Å². The van der Waals surface area contributed by atoms with Crippen molar-refractivity contribution in [3.8, 4) is 5.75 Å². The number of rotatable bonds is 3. The summed E-state index contributed by atoms with van der Waals surface area (Å²) in [6.45, 7) is 1.29. The first-order chi connectivity index (χ1) is 6.89. The maximum atomic E-state index is 12.7. The minimum absolute atomic E-state index is 0.345. The Morgan fingerprint density at radius 2 is 2.07 bits per heavy atom. The van der Waals surface area contributed by atoms with E-state index in [2.05, 4.69) is 15.9 Å². The Kier molecular flexibility index (Phi) is 3.67. The number of benzene rings is 1. The molecule has 0 saturated carbocycles. The Labute approximate surface area is 95.5 Å². The van der Waals surface area contributed by atoms with Crippen molar-refractivity contribution >= 4 is 15.9 Å². The molecule has 0 bridgehead atoms. The third-order valence-corrected chi connectivity index (χ3v) is 2.88. The van der Waals surface area contributed by atoms with Gasteiger partial charge in [-0.05, 0) is 40.5 Å². The molecule has 0 aliphatic rings. The molecular weight excluding hydrogens is 268 g/mol. The molecule has 0 aliphatic heterocycles. The minimum atomic E-state index is -2.62. The summed E-state index contributed by atoms with van der Waals surface area (Å²) >= 11 is 3.24. The third kappa shape index (κ3) is 2.46. The lowest BCUT2D eigenvalue weighted by molar-refractivity contribution is 0.0624. The van der Waals surface area contributed by atoms with E-state index >= 15 is 0 Å². The first kappa shape index (κ1) is 12.4. The van der Waals surface area contributed by atoms with Crippen LogP contribution in [0.1, 0.15) is 12.5 Å². The van der Waals surface area contributed by atoms with Crippen LogP contribution >= 0.6 is 15.9 Å². The molecule has 5 heteroatoms. The molecule has 2 N–H and O–H groups in total. The SMILES string of the molecule is COc1cc(C(C)(N)C(F)F)ccc1Br. The van der Waals surface area contributed by atoms with Gasteiger partial charge in [-0.2, -0.15) is 0 Å². The van der Waals surface area contributed by atoms with Crippen LogP contribution in [0.25, 0.3) is 0 Å². The van der Waals surface area contributed by atoms with Crippen molar-refractivity contribution in [2.45, 2.75) is 18.9 Å². The molecule has 1 aromatic carbocycles. The smallest absolute Gasteiger partial charge is 0.260 e. The summed E-state index contributed by atoms with van der Waals surface area (Å²) < 4.78 is 31.0. The predicted octanol–water partition coefficient (Wildman–Crippen LogP) is 2.90. The first-order valence-electron chi connectivity index (χ1n) is 4.30. The van der Waals surface area contributed by atoms with Crippen LogP contribution in [0.15, 0.2) is 22.7 Å². The second kappa shape index (κ2) is 4.45. The monoisotopic (exact) mass is 279 g/mol. The Morgan fingerprint density at radius 3 is 2.53 bits per heavy atom. The molecule has 0 radical (unpaired) electrons. The lowest BCUT2D eigenvalue weighted by Gasteiger charge is -2.24. The van der Waals surface area contributed by atoms with Crippen molar-refractivity contribution in [1.82, 2.24) is 0 Å². The molecule has 0 saturated heterocycles. The van der Waals surface area contributed by atoms with Crippen molar-refractivity contribution in [3.05, 3.63) is 28.2 Å². The topological polar surface area (TPSA) is 35.2 Å². The summed E-state index contributed by atoms with van der Waals surface area (Å²) in [5.41, 5.74) is 4.22. The molecule has 0 aromatic heterocycles. The highest BCUT2D eigenvalue weighted by atomic mass is 79.9. The van der Waals surface area contributed by atoms with Gasteiger partial charge in [-0.1, -0.05) is 6.07 Å². The summed E-state index contributed by atoms with van der Waals surface area (Å²) in [4.78, 5) is 0. The lowest BCUT2D eigenvalue weighted by atomic mass is 9.94. The van der Waals surface area contributed by atoms with E-state index in [1.165, 1.54) is 20.1 Å². The van der Waals surface area contributed by atoms with Crippen LogP contribution in [0.3, 0.4) is 0 Å². The number of methoxy groups -OCH3 is 1. The highest BCUT2D eigenvalue weighted by Gasteiger charge is 2.32. The van der Waals surface area contributed by atoms with Crippen LogP contribution in [0.5, 0.6) is 5.75 Å². The molecule has 1 atom stereocenters. The van der Waals surface area contributed by atoms with Gasteiger partial charge in [0, 0.05) is 0 Å². The molecule has 0 spiro atoms. The fraction of sp³-hybridized carbons (Fsp3) is 0.400. The standard InChI is InChI=1S/C10H12BrF2NO/c1-10(14,9(12)13)6-3-4-7(11)8(5-6)15-2/h3-5,9H,14H2,1-2H3. The van der Waals surface area contributed by atoms with Crippen LogP contribution in [0.4, 0.5) is 8.78 Å². The highest BCUT2D eigenvalue weighted by Crippen LogP contribution is 2.32. The number of ether oxygens (including phenoxy) is 1. The van der Waals surface area contributed by atoms with Crippen LogP contribution < -0.4 is 10.5 Å². The van der Waals surface area contributed by atoms with E-state index in [-0.39, 0.29) is 0 Å². The maximum absolute atomic E-state index is 12.7. The van der Waals surface area contributed by atoms with Gasteiger partial charge >= 0.3 is 0 Å². The normalized spacial score (nSPS) is 15.1. The van der Waals surface area contributed by atoms with Crippen molar-refractivity contribution < 1.29 is 13.5 Å². The van der Waals surface area contributed by atoms with E-state index in [0.717, 1.165) is 0 Å². The van der Waals surface area contributed by atoms with E-state index in [1.807, 2.05) is 0 Å². The van der Waals surface area contributed by atoms with Gasteiger partial charge < -0.3 is 10.5 Å². The van der Waals surface area contributed by atoms with Crippen molar-refractivity contribution in [1.29, 1.82) is 0 Å². The summed E-state index contributed by atoms with van der Waals surface area (Å²) in [7, 11) is 1.47. The van der Waals surface area contributed by atoms with Gasteiger partial charge in [-0.25, -0.2) is 8.78 Å². The highest BCUT2D eigenvalue weighted by molar-refractivity contribution is 9.10. The van der Waals surface area contributed by atoms with E-state index in [0.29, 0.717) is 15.8 Å². The zero-order chi connectivity index (χ0) is 11.6. The summed E-state index contributed by atoms with van der Waals surface area (Å²) in [5, 5.41) is 0. The van der Waals surface area contributed by atoms with E-state index in [4.69, 9.17) is 10.5 Å². The average Bonchev–Trinajstić information content (AvgIpc) is 2.18. The van der Waals surface area contributed by atoms with Gasteiger partial charge in [-0.3, -0.25) is 0 Å². The lowest BCUT2D eigenvalue weighted by Crippen LogP contribution is -2.40. The Bertz CT molecular complexity index is 355. The summed E-state index contributed by atoms with van der Waals surface area (Å²) in [6, 6.07) is 4.71. The summed E-state index contributed by atoms with van der Waals surface area (Å²) in [5.74, 6) is 0.491. The molecule has 1 unspecified atom stereocenters. The molecule has 0 heterocycles. The largest absolute Gasteiger partial charge is 0.496 e. The predicted molar refractivity (Wildman–Crippen MR) is 58.2 cm³/mol. The van der Waals surface area contributed by atoms with Gasteiger partial charge in [0.15, 0.2) is 0 Å². The molecule has 84 valence electrons. The Morgan fingerprint density at radius 1 is 1.47 bits per heavy atom. The van der Waals surface area contributed by atoms with Crippen molar-refractivity contribution in [2.24, 2.45) is 5.73 Å². The van der Waals surface area contributed by atoms with Crippen LogP contribution in [-0.4, -0.2) is 13.5 Å². The van der Waals surface area contributed by atoms with Crippen molar-refractivity contribution in [2.75, 3.05) is 7.11 Å². The number of hydrogen-bond donors (Lipinski definition) is 1. The van der Waals surface area contributed by atoms with E-state index in [9.17, 15) is 8.78 Å².